The van der Waals surface area contributed by atoms with Crippen molar-refractivity contribution in [1.29, 1.82) is 0 Å². The molecule has 210 valence electrons. The zero-order valence-electron chi connectivity index (χ0n) is 25.6. The third-order valence-electron chi connectivity index (χ3n) is 7.13. The number of hydrogen-bond acceptors (Lipinski definition) is 0. The van der Waals surface area contributed by atoms with Gasteiger partial charge in [-0.3, -0.25) is 0 Å². The van der Waals surface area contributed by atoms with Gasteiger partial charge in [-0.05, 0) is 38.5 Å². The molecule has 0 spiro atoms. The molecule has 0 bridgehead atoms. The minimum Gasteiger partial charge on any atom is -0.331 e. The predicted molar refractivity (Wildman–Crippen MR) is 164 cm³/mol. The maximum atomic E-state index is 2.33. The molecule has 34 heavy (non-hydrogen) atoms. The Morgan fingerprint density at radius 3 is 0.853 bits per heavy atom. The van der Waals surface area contributed by atoms with E-state index in [-0.39, 0.29) is 17.0 Å². The van der Waals surface area contributed by atoms with Gasteiger partial charge in [0.1, 0.15) is 0 Å². The van der Waals surface area contributed by atoms with E-state index in [2.05, 4.69) is 55.8 Å². The summed E-state index contributed by atoms with van der Waals surface area (Å²) in [5, 5.41) is 0. The van der Waals surface area contributed by atoms with Gasteiger partial charge < -0.3 is 8.97 Å². The topological polar surface area (TPSA) is 0 Å². The van der Waals surface area contributed by atoms with Crippen LogP contribution in [0.1, 0.15) is 150 Å². The van der Waals surface area contributed by atoms with Crippen molar-refractivity contribution < 1.29 is 8.97 Å². The Balaban J connectivity index is -0.000000550. The van der Waals surface area contributed by atoms with Crippen LogP contribution >= 0.6 is 17.0 Å². The van der Waals surface area contributed by atoms with Gasteiger partial charge in [-0.2, -0.15) is 0 Å². The molecule has 0 aromatic heterocycles. The van der Waals surface area contributed by atoms with Crippen LogP contribution in [-0.2, 0) is 0 Å². The molecule has 3 heteroatoms. The van der Waals surface area contributed by atoms with E-state index in [1.807, 2.05) is 0 Å². The number of rotatable bonds is 23. The first-order valence-electron chi connectivity index (χ1n) is 15.5. The van der Waals surface area contributed by atoms with Gasteiger partial charge in [0.15, 0.2) is 0 Å². The van der Waals surface area contributed by atoms with Crippen LogP contribution in [0.25, 0.3) is 0 Å². The van der Waals surface area contributed by atoms with Crippen molar-refractivity contribution in [2.75, 3.05) is 53.9 Å². The van der Waals surface area contributed by atoms with Crippen LogP contribution in [0.5, 0.6) is 0 Å². The van der Waals surface area contributed by atoms with Crippen molar-refractivity contribution in [3.05, 3.63) is 0 Å². The van der Waals surface area contributed by atoms with Crippen LogP contribution < -0.4 is 0 Å². The number of halogens is 1. The van der Waals surface area contributed by atoms with E-state index in [0.717, 1.165) is 4.48 Å². The third-order valence-corrected chi connectivity index (χ3v) is 7.13. The average molecular weight is 552 g/mol. The van der Waals surface area contributed by atoms with Gasteiger partial charge in [0, 0.05) is 0 Å². The molecule has 0 unspecified atom stereocenters. The summed E-state index contributed by atoms with van der Waals surface area (Å²) in [7, 11) is 6.86. The molecule has 2 nitrogen and oxygen atoms in total. The Morgan fingerprint density at radius 1 is 0.324 bits per heavy atom. The molecule has 0 aromatic rings. The van der Waals surface area contributed by atoms with Crippen LogP contribution in [0.3, 0.4) is 0 Å². The van der Waals surface area contributed by atoms with Gasteiger partial charge in [-0.15, -0.1) is 17.0 Å². The summed E-state index contributed by atoms with van der Waals surface area (Å²) in [6.07, 6.45) is 25.5. The number of quaternary nitrogens is 2. The highest BCUT2D eigenvalue weighted by molar-refractivity contribution is 8.93. The monoisotopic (exact) mass is 550 g/mol. The van der Waals surface area contributed by atoms with Crippen molar-refractivity contribution in [1.82, 2.24) is 0 Å². The Morgan fingerprint density at radius 2 is 0.588 bits per heavy atom. The quantitative estimate of drug-likeness (QED) is 0.0875. The number of unbranched alkanes of at least 4 members (excludes halogenated alkanes) is 13. The fourth-order valence-electron chi connectivity index (χ4n) is 4.72. The smallest absolute Gasteiger partial charge is 0.0786 e. The molecular formula is C31H71BrN2+2. The molecule has 0 radical (unpaired) electrons. The lowest BCUT2D eigenvalue weighted by atomic mass is 10.1. The second kappa shape index (κ2) is 28.0. The van der Waals surface area contributed by atoms with Gasteiger partial charge in [-0.1, -0.05) is 112 Å². The first kappa shape index (κ1) is 38.9. The van der Waals surface area contributed by atoms with E-state index < -0.39 is 0 Å². The molecule has 0 N–H and O–H groups in total. The van der Waals surface area contributed by atoms with Crippen molar-refractivity contribution in [3.63, 3.8) is 0 Å². The summed E-state index contributed by atoms with van der Waals surface area (Å²) in [6.45, 7) is 18.6. The van der Waals surface area contributed by atoms with Crippen molar-refractivity contribution in [2.24, 2.45) is 0 Å². The lowest BCUT2D eigenvalue weighted by Crippen LogP contribution is -2.50. The first-order valence-corrected chi connectivity index (χ1v) is 15.5. The van der Waals surface area contributed by atoms with Gasteiger partial charge in [0.05, 0.1) is 53.9 Å². The lowest BCUT2D eigenvalue weighted by molar-refractivity contribution is -0.929. The Kier molecular flexibility index (Phi) is 32.0. The van der Waals surface area contributed by atoms with Crippen molar-refractivity contribution >= 4 is 17.0 Å². The molecule has 0 aromatic carbocycles. The van der Waals surface area contributed by atoms with E-state index in [9.17, 15) is 0 Å². The molecule has 0 saturated heterocycles. The zero-order chi connectivity index (χ0) is 25.3. The predicted octanol–water partition coefficient (Wildman–Crippen LogP) is 10.2. The molecular weight excluding hydrogens is 480 g/mol. The van der Waals surface area contributed by atoms with Gasteiger partial charge in [0.25, 0.3) is 0 Å². The maximum absolute atomic E-state index is 2.33. The van der Waals surface area contributed by atoms with Gasteiger partial charge in [0.2, 0.25) is 0 Å². The standard InChI is InChI=1S/C16H36N.C15H34N.BrH/c1-5-9-13-17(14-10-6-2,15-11-7-3)16-12-8-4;1-5-6-7-8-9-10-11-12-13-14-15-16(2,3)4;/h5-16H2,1-4H3;5-15H2,1-4H3;1H/q2*+1;. The fourth-order valence-corrected chi connectivity index (χ4v) is 4.72. The van der Waals surface area contributed by atoms with Crippen LogP contribution in [0.2, 0.25) is 0 Å². The molecule has 0 fully saturated rings. The molecule has 0 heterocycles. The van der Waals surface area contributed by atoms with E-state index in [4.69, 9.17) is 0 Å². The van der Waals surface area contributed by atoms with Gasteiger partial charge in [-0.25, -0.2) is 0 Å². The minimum absolute atomic E-state index is 0. The molecule has 0 aliphatic heterocycles. The van der Waals surface area contributed by atoms with E-state index in [1.165, 1.54) is 153 Å². The Labute approximate surface area is 229 Å². The summed E-state index contributed by atoms with van der Waals surface area (Å²) >= 11 is 0. The summed E-state index contributed by atoms with van der Waals surface area (Å²) in [4.78, 5) is 0. The SMILES string of the molecule is Br.CCCCCCCCCCCC[N+](C)(C)C.CCCC[N+](CCCC)(CCCC)CCCC. The second-order valence-corrected chi connectivity index (χ2v) is 11.8. The summed E-state index contributed by atoms with van der Waals surface area (Å²) in [6, 6.07) is 0. The van der Waals surface area contributed by atoms with Crippen LogP contribution in [-0.4, -0.2) is 62.8 Å². The van der Waals surface area contributed by atoms with Gasteiger partial charge >= 0.3 is 0 Å². The lowest BCUT2D eigenvalue weighted by Gasteiger charge is -2.39. The van der Waals surface area contributed by atoms with E-state index in [1.54, 1.807) is 0 Å². The van der Waals surface area contributed by atoms with E-state index >= 15 is 0 Å². The maximum Gasteiger partial charge on any atom is 0.0786 e. The Hall–Kier alpha value is 0.400. The molecule has 0 amide bonds. The summed E-state index contributed by atoms with van der Waals surface area (Å²) < 4.78 is 2.54. The molecule has 0 aliphatic rings. The van der Waals surface area contributed by atoms with Crippen molar-refractivity contribution in [3.8, 4) is 0 Å². The molecule has 0 atom stereocenters. The fraction of sp³-hybridized carbons (Fsp3) is 1.00. The largest absolute Gasteiger partial charge is 0.331 e. The Bertz CT molecular complexity index is 327. The summed E-state index contributed by atoms with van der Waals surface area (Å²) in [5.74, 6) is 0. The molecule has 0 saturated carbocycles. The van der Waals surface area contributed by atoms with Crippen LogP contribution in [0.15, 0.2) is 0 Å². The second-order valence-electron chi connectivity index (χ2n) is 11.8. The highest BCUT2D eigenvalue weighted by atomic mass is 79.9. The molecule has 0 aliphatic carbocycles. The average Bonchev–Trinajstić information content (AvgIpc) is 2.79. The number of hydrogen-bond donors (Lipinski definition) is 0. The third kappa shape index (κ3) is 28.6. The molecule has 0 rings (SSSR count). The van der Waals surface area contributed by atoms with E-state index in [0.29, 0.717) is 0 Å². The van der Waals surface area contributed by atoms with Crippen LogP contribution in [0.4, 0.5) is 0 Å². The summed E-state index contributed by atoms with van der Waals surface area (Å²) in [5.41, 5.74) is 0. The highest BCUT2D eigenvalue weighted by Crippen LogP contribution is 2.16. The normalized spacial score (nSPS) is 11.6. The first-order chi connectivity index (χ1) is 15.8. The zero-order valence-corrected chi connectivity index (χ0v) is 27.3. The minimum atomic E-state index is 0. The number of nitrogens with zero attached hydrogens (tertiary/aromatic N) is 2. The van der Waals surface area contributed by atoms with Crippen molar-refractivity contribution in [2.45, 2.75) is 150 Å². The highest BCUT2D eigenvalue weighted by Gasteiger charge is 2.24. The van der Waals surface area contributed by atoms with Crippen LogP contribution in [0, 0.1) is 0 Å².